The number of rotatable bonds is 4. The van der Waals surface area contributed by atoms with Crippen LogP contribution in [0.5, 0.6) is 0 Å². The van der Waals surface area contributed by atoms with Crippen LogP contribution in [0.4, 0.5) is 5.69 Å². The zero-order chi connectivity index (χ0) is 33.8. The second-order valence-electron chi connectivity index (χ2n) is 12.3. The molecule has 5 heteroatoms. The first-order chi connectivity index (χ1) is 24.7. The fourth-order valence-electron chi connectivity index (χ4n) is 7.41. The number of para-hydroxylation sites is 4. The van der Waals surface area contributed by atoms with Gasteiger partial charge in [-0.3, -0.25) is 0 Å². The maximum absolute atomic E-state index is 10.5. The number of fused-ring (bicyclic) bond motifs is 6. The summed E-state index contributed by atoms with van der Waals surface area (Å²) >= 11 is 0. The molecule has 0 aliphatic carbocycles. The molecule has 9 rings (SSSR count). The highest BCUT2D eigenvalue weighted by atomic mass is 15.0. The van der Waals surface area contributed by atoms with Gasteiger partial charge in [0.15, 0.2) is 0 Å². The lowest BCUT2D eigenvalue weighted by molar-refractivity contribution is 1.18. The van der Waals surface area contributed by atoms with Crippen LogP contribution in [0.3, 0.4) is 0 Å². The van der Waals surface area contributed by atoms with Crippen molar-refractivity contribution >= 4 is 49.3 Å². The number of nitriles is 2. The third-order valence-electron chi connectivity index (χ3n) is 9.63. The molecule has 0 spiro atoms. The van der Waals surface area contributed by atoms with E-state index in [0.29, 0.717) is 16.8 Å². The van der Waals surface area contributed by atoms with Gasteiger partial charge in [-0.05, 0) is 71.1 Å². The molecule has 0 bridgehead atoms. The lowest BCUT2D eigenvalue weighted by Gasteiger charge is -2.16. The fourth-order valence-corrected chi connectivity index (χ4v) is 7.41. The predicted molar refractivity (Wildman–Crippen MR) is 202 cm³/mol. The zero-order valence-electron chi connectivity index (χ0n) is 26.7. The highest BCUT2D eigenvalue weighted by molar-refractivity contribution is 6.14. The first kappa shape index (κ1) is 28.8. The van der Waals surface area contributed by atoms with Gasteiger partial charge in [0.2, 0.25) is 5.69 Å². The van der Waals surface area contributed by atoms with E-state index in [-0.39, 0.29) is 0 Å². The molecule has 9 aromatic rings. The van der Waals surface area contributed by atoms with E-state index in [0.717, 1.165) is 66.5 Å². The third-order valence-corrected chi connectivity index (χ3v) is 9.63. The predicted octanol–water partition coefficient (Wildman–Crippen LogP) is 11.5. The monoisotopic (exact) mass is 635 g/mol. The van der Waals surface area contributed by atoms with Crippen molar-refractivity contribution in [1.82, 2.24) is 9.13 Å². The summed E-state index contributed by atoms with van der Waals surface area (Å²) in [7, 11) is 0. The van der Waals surface area contributed by atoms with Crippen molar-refractivity contribution in [2.24, 2.45) is 0 Å². The number of aromatic nitrogens is 2. The van der Waals surface area contributed by atoms with Gasteiger partial charge in [0.25, 0.3) is 0 Å². The van der Waals surface area contributed by atoms with Crippen molar-refractivity contribution in [3.8, 4) is 45.8 Å². The Labute approximate surface area is 288 Å². The average Bonchev–Trinajstić information content (AvgIpc) is 3.70. The van der Waals surface area contributed by atoms with Crippen LogP contribution < -0.4 is 0 Å². The summed E-state index contributed by atoms with van der Waals surface area (Å²) < 4.78 is 4.39. The Morgan fingerprint density at radius 1 is 0.500 bits per heavy atom. The molecule has 50 heavy (non-hydrogen) atoms. The van der Waals surface area contributed by atoms with Gasteiger partial charge in [0.1, 0.15) is 0 Å². The van der Waals surface area contributed by atoms with Crippen molar-refractivity contribution in [1.29, 1.82) is 10.5 Å². The summed E-state index contributed by atoms with van der Waals surface area (Å²) in [5.74, 6) is 0. The van der Waals surface area contributed by atoms with Gasteiger partial charge >= 0.3 is 0 Å². The summed E-state index contributed by atoms with van der Waals surface area (Å²) in [4.78, 5) is 3.82. The van der Waals surface area contributed by atoms with Crippen LogP contribution in [-0.4, -0.2) is 9.13 Å². The Kier molecular flexibility index (Phi) is 6.56. The summed E-state index contributed by atoms with van der Waals surface area (Å²) in [5.41, 5.74) is 11.4. The minimum Gasteiger partial charge on any atom is -0.319 e. The van der Waals surface area contributed by atoms with Crippen LogP contribution in [0.25, 0.3) is 82.1 Å². The highest BCUT2D eigenvalue weighted by Gasteiger charge is 2.18. The maximum Gasteiger partial charge on any atom is 0.211 e. The van der Waals surface area contributed by atoms with E-state index in [2.05, 4.69) is 111 Å². The van der Waals surface area contributed by atoms with Gasteiger partial charge in [-0.1, -0.05) is 97.1 Å². The van der Waals surface area contributed by atoms with Crippen molar-refractivity contribution < 1.29 is 0 Å². The Morgan fingerprint density at radius 2 is 1.16 bits per heavy atom. The number of benzene rings is 7. The fraction of sp³-hybridized carbons (Fsp3) is 0. The van der Waals surface area contributed by atoms with Crippen LogP contribution in [0.1, 0.15) is 11.1 Å². The van der Waals surface area contributed by atoms with Gasteiger partial charge < -0.3 is 9.13 Å². The molecule has 7 aromatic carbocycles. The summed E-state index contributed by atoms with van der Waals surface area (Å²) in [6.45, 7) is 7.86. The molecule has 0 saturated carbocycles. The summed E-state index contributed by atoms with van der Waals surface area (Å²) in [6.07, 6.45) is 0. The quantitative estimate of drug-likeness (QED) is 0.181. The van der Waals surface area contributed by atoms with Crippen LogP contribution in [0.2, 0.25) is 0 Å². The molecule has 0 aliphatic heterocycles. The zero-order valence-corrected chi connectivity index (χ0v) is 26.7. The molecule has 0 atom stereocenters. The largest absolute Gasteiger partial charge is 0.319 e. The summed E-state index contributed by atoms with van der Waals surface area (Å²) in [6, 6.07) is 55.6. The molecular formula is C45H25N5. The Balaban J connectivity index is 1.15. The number of nitrogens with zero attached hydrogens (tertiary/aromatic N) is 5. The molecule has 0 amide bonds. The molecule has 230 valence electrons. The Morgan fingerprint density at radius 3 is 1.88 bits per heavy atom. The first-order valence-corrected chi connectivity index (χ1v) is 16.3. The number of hydrogen-bond donors (Lipinski definition) is 0. The van der Waals surface area contributed by atoms with Gasteiger partial charge in [-0.25, -0.2) is 4.85 Å². The van der Waals surface area contributed by atoms with Crippen molar-refractivity contribution in [3.63, 3.8) is 0 Å². The Bertz CT molecular complexity index is 2900. The lowest BCUT2D eigenvalue weighted by Crippen LogP contribution is -1.98. The van der Waals surface area contributed by atoms with Crippen LogP contribution in [0, 0.1) is 29.2 Å². The van der Waals surface area contributed by atoms with E-state index in [1.54, 1.807) is 0 Å². The second-order valence-corrected chi connectivity index (χ2v) is 12.3. The van der Waals surface area contributed by atoms with Crippen molar-refractivity contribution in [2.45, 2.75) is 0 Å². The maximum atomic E-state index is 10.5. The van der Waals surface area contributed by atoms with Crippen LogP contribution >= 0.6 is 0 Å². The average molecular weight is 636 g/mol. The minimum atomic E-state index is 0.553. The number of hydrogen-bond acceptors (Lipinski definition) is 2. The van der Waals surface area contributed by atoms with Gasteiger partial charge in [0.05, 0.1) is 57.6 Å². The molecule has 0 aliphatic rings. The molecule has 2 heterocycles. The van der Waals surface area contributed by atoms with E-state index in [1.807, 2.05) is 66.7 Å². The normalized spacial score (nSPS) is 11.1. The smallest absolute Gasteiger partial charge is 0.211 e. The highest BCUT2D eigenvalue weighted by Crippen LogP contribution is 2.40. The van der Waals surface area contributed by atoms with Crippen LogP contribution in [-0.2, 0) is 0 Å². The van der Waals surface area contributed by atoms with Crippen molar-refractivity contribution in [3.05, 3.63) is 174 Å². The molecule has 0 unspecified atom stereocenters. The molecule has 5 nitrogen and oxygen atoms in total. The van der Waals surface area contributed by atoms with E-state index in [9.17, 15) is 10.5 Å². The van der Waals surface area contributed by atoms with Crippen molar-refractivity contribution in [2.75, 3.05) is 0 Å². The minimum absolute atomic E-state index is 0.553. The third kappa shape index (κ3) is 4.31. The molecule has 0 fully saturated rings. The van der Waals surface area contributed by atoms with E-state index in [4.69, 9.17) is 6.57 Å². The van der Waals surface area contributed by atoms with Crippen LogP contribution in [0.15, 0.2) is 152 Å². The lowest BCUT2D eigenvalue weighted by atomic mass is 9.94. The molecule has 0 saturated heterocycles. The van der Waals surface area contributed by atoms with Gasteiger partial charge in [-0.15, -0.1) is 0 Å². The molecule has 2 aromatic heterocycles. The standard InChI is InChI=1S/C45H25N5/c1-48-40-13-8-12-38-39-25-29(27-46)17-24-44(39)49(45(38)40)33-21-18-30(19-22-33)31-20-23-34(32(26-31)28-47)35-9-2-5-14-41(35)50-42-15-6-3-10-36(42)37-11-4-7-16-43(37)50/h2-26H. The molecule has 0 N–H and O–H groups in total. The van der Waals surface area contributed by atoms with Gasteiger partial charge in [-0.2, -0.15) is 10.5 Å². The van der Waals surface area contributed by atoms with E-state index in [1.165, 1.54) is 10.8 Å². The van der Waals surface area contributed by atoms with E-state index < -0.39 is 0 Å². The topological polar surface area (TPSA) is 61.8 Å². The second kappa shape index (κ2) is 11.4. The first-order valence-electron chi connectivity index (χ1n) is 16.3. The molecule has 0 radical (unpaired) electrons. The SMILES string of the molecule is [C-]#[N+]c1cccc2c3cc(C#N)ccc3n(-c3ccc(-c4ccc(-c5ccccc5-n5c6ccccc6c6ccccc65)c(C#N)c4)cc3)c12. The summed E-state index contributed by atoms with van der Waals surface area (Å²) in [5, 5.41) is 24.3. The Hall–Kier alpha value is -7.39. The molecular weight excluding hydrogens is 611 g/mol. The van der Waals surface area contributed by atoms with E-state index >= 15 is 0 Å². The van der Waals surface area contributed by atoms with Gasteiger partial charge in [0, 0.05) is 33.0 Å².